The van der Waals surface area contributed by atoms with Crippen LogP contribution in [0.2, 0.25) is 0 Å². The van der Waals surface area contributed by atoms with Gasteiger partial charge in [0.1, 0.15) is 5.75 Å². The van der Waals surface area contributed by atoms with Gasteiger partial charge in [0.25, 0.3) is 0 Å². The Morgan fingerprint density at radius 2 is 2.00 bits per heavy atom. The first-order valence-corrected chi connectivity index (χ1v) is 8.70. The fraction of sp³-hybridized carbons (Fsp3) is 0.500. The Labute approximate surface area is 127 Å². The van der Waals surface area contributed by atoms with E-state index >= 15 is 0 Å². The van der Waals surface area contributed by atoms with Gasteiger partial charge in [0.05, 0.1) is 11.5 Å². The lowest BCUT2D eigenvalue weighted by atomic mass is 10.1. The zero-order valence-electron chi connectivity index (χ0n) is 11.8. The van der Waals surface area contributed by atoms with Crippen molar-refractivity contribution in [3.05, 3.63) is 29.8 Å². The van der Waals surface area contributed by atoms with E-state index in [1.54, 1.807) is 12.1 Å². The molecule has 1 saturated heterocycles. The van der Waals surface area contributed by atoms with Crippen LogP contribution < -0.4 is 10.1 Å². The number of amides is 1. The van der Waals surface area contributed by atoms with Gasteiger partial charge in [-0.25, -0.2) is 8.42 Å². The molecule has 1 atom stereocenters. The largest absolute Gasteiger partial charge is 0.435 e. The van der Waals surface area contributed by atoms with E-state index in [0.29, 0.717) is 12.8 Å². The van der Waals surface area contributed by atoms with Gasteiger partial charge in [-0.1, -0.05) is 12.1 Å². The molecule has 22 heavy (non-hydrogen) atoms. The maximum absolute atomic E-state index is 12.0. The molecule has 122 valence electrons. The van der Waals surface area contributed by atoms with Gasteiger partial charge >= 0.3 is 6.61 Å². The molecule has 1 amide bonds. The van der Waals surface area contributed by atoms with Gasteiger partial charge in [-0.2, -0.15) is 8.78 Å². The molecule has 0 aromatic heterocycles. The summed E-state index contributed by atoms with van der Waals surface area (Å²) in [5.41, 5.74) is 0.816. The summed E-state index contributed by atoms with van der Waals surface area (Å²) in [4.78, 5) is 11.8. The Morgan fingerprint density at radius 1 is 1.32 bits per heavy atom. The molecule has 1 unspecified atom stereocenters. The standard InChI is InChI=1S/C14H17F2NO4S/c15-14(16)21-12-4-1-10(2-5-12)3-6-13(18)17-11-7-8-22(19,20)9-11/h1-2,4-5,11,14H,3,6-9H2,(H,17,18). The summed E-state index contributed by atoms with van der Waals surface area (Å²) in [6, 6.07) is 5.77. The lowest BCUT2D eigenvalue weighted by Gasteiger charge is -2.11. The number of hydrogen-bond donors (Lipinski definition) is 1. The molecule has 1 aliphatic heterocycles. The van der Waals surface area contributed by atoms with Crippen molar-refractivity contribution in [1.29, 1.82) is 0 Å². The summed E-state index contributed by atoms with van der Waals surface area (Å²) in [6.07, 6.45) is 1.11. The summed E-state index contributed by atoms with van der Waals surface area (Å²) < 4.78 is 50.8. The Balaban J connectivity index is 1.76. The summed E-state index contributed by atoms with van der Waals surface area (Å²) >= 11 is 0. The normalized spacial score (nSPS) is 20.0. The monoisotopic (exact) mass is 333 g/mol. The number of aryl methyl sites for hydroxylation is 1. The van der Waals surface area contributed by atoms with Crippen molar-refractivity contribution >= 4 is 15.7 Å². The highest BCUT2D eigenvalue weighted by Crippen LogP contribution is 2.16. The van der Waals surface area contributed by atoms with Crippen LogP contribution in [0.25, 0.3) is 0 Å². The van der Waals surface area contributed by atoms with E-state index in [9.17, 15) is 22.0 Å². The smallest absolute Gasteiger partial charge is 0.387 e. The van der Waals surface area contributed by atoms with Crippen LogP contribution in [0.3, 0.4) is 0 Å². The molecule has 8 heteroatoms. The minimum absolute atomic E-state index is 0.00158. The molecule has 1 N–H and O–H groups in total. The van der Waals surface area contributed by atoms with Crippen LogP contribution in [0.4, 0.5) is 8.78 Å². The predicted molar refractivity (Wildman–Crippen MR) is 76.6 cm³/mol. The van der Waals surface area contributed by atoms with Crippen molar-refractivity contribution in [3.63, 3.8) is 0 Å². The molecule has 0 aliphatic carbocycles. The van der Waals surface area contributed by atoms with Gasteiger partial charge in [0.15, 0.2) is 9.84 Å². The van der Waals surface area contributed by atoms with Gasteiger partial charge in [0, 0.05) is 12.5 Å². The topological polar surface area (TPSA) is 72.5 Å². The number of benzene rings is 1. The number of carbonyl (C=O) groups excluding carboxylic acids is 1. The molecule has 1 aliphatic rings. The van der Waals surface area contributed by atoms with E-state index < -0.39 is 16.4 Å². The van der Waals surface area contributed by atoms with Crippen LogP contribution in [0.15, 0.2) is 24.3 Å². The average Bonchev–Trinajstić information content (AvgIpc) is 2.76. The number of halogens is 2. The van der Waals surface area contributed by atoms with Crippen LogP contribution in [0.1, 0.15) is 18.4 Å². The molecular weight excluding hydrogens is 316 g/mol. The van der Waals surface area contributed by atoms with Crippen molar-refractivity contribution < 1.29 is 26.7 Å². The van der Waals surface area contributed by atoms with Gasteiger partial charge in [-0.15, -0.1) is 0 Å². The third kappa shape index (κ3) is 5.25. The fourth-order valence-electron chi connectivity index (χ4n) is 2.30. The summed E-state index contributed by atoms with van der Waals surface area (Å²) in [7, 11) is -3.01. The first-order chi connectivity index (χ1) is 10.3. The second-order valence-electron chi connectivity index (χ2n) is 5.19. The molecule has 2 rings (SSSR count). The third-order valence-electron chi connectivity index (χ3n) is 3.39. The number of carbonyl (C=O) groups is 1. The molecule has 5 nitrogen and oxygen atoms in total. The quantitative estimate of drug-likeness (QED) is 0.857. The Hall–Kier alpha value is -1.70. The highest BCUT2D eigenvalue weighted by Gasteiger charge is 2.28. The van der Waals surface area contributed by atoms with Gasteiger partial charge < -0.3 is 10.1 Å². The average molecular weight is 333 g/mol. The van der Waals surface area contributed by atoms with Crippen LogP contribution >= 0.6 is 0 Å². The second kappa shape index (κ2) is 7.04. The van der Waals surface area contributed by atoms with Gasteiger partial charge in [0.2, 0.25) is 5.91 Å². The molecule has 0 spiro atoms. The highest BCUT2D eigenvalue weighted by atomic mass is 32.2. The number of ether oxygens (including phenoxy) is 1. The van der Waals surface area contributed by atoms with Crippen LogP contribution in [-0.4, -0.2) is 38.5 Å². The van der Waals surface area contributed by atoms with Crippen molar-refractivity contribution in [2.75, 3.05) is 11.5 Å². The van der Waals surface area contributed by atoms with E-state index in [-0.39, 0.29) is 35.6 Å². The van der Waals surface area contributed by atoms with E-state index in [1.807, 2.05) is 0 Å². The summed E-state index contributed by atoms with van der Waals surface area (Å²) in [5, 5.41) is 2.70. The van der Waals surface area contributed by atoms with Gasteiger partial charge in [-0.05, 0) is 30.5 Å². The molecular formula is C14H17F2NO4S. The number of rotatable bonds is 6. The molecule has 1 fully saturated rings. The molecule has 0 saturated carbocycles. The highest BCUT2D eigenvalue weighted by molar-refractivity contribution is 7.91. The third-order valence-corrected chi connectivity index (χ3v) is 5.15. The molecule has 1 aromatic carbocycles. The number of sulfone groups is 1. The summed E-state index contributed by atoms with van der Waals surface area (Å²) in [6.45, 7) is -2.86. The van der Waals surface area contributed by atoms with E-state index in [4.69, 9.17) is 0 Å². The molecule has 1 heterocycles. The molecule has 0 bridgehead atoms. The summed E-state index contributed by atoms with van der Waals surface area (Å²) in [5.74, 6) is -0.0311. The first-order valence-electron chi connectivity index (χ1n) is 6.87. The fourth-order valence-corrected chi connectivity index (χ4v) is 3.98. The maximum atomic E-state index is 12.0. The first kappa shape index (κ1) is 16.7. The van der Waals surface area contributed by atoms with Crippen molar-refractivity contribution in [1.82, 2.24) is 5.32 Å². The van der Waals surface area contributed by atoms with E-state index in [2.05, 4.69) is 10.1 Å². The van der Waals surface area contributed by atoms with Crippen molar-refractivity contribution in [2.45, 2.75) is 31.9 Å². The van der Waals surface area contributed by atoms with Crippen LogP contribution in [0.5, 0.6) is 5.75 Å². The minimum atomic E-state index is -3.01. The van der Waals surface area contributed by atoms with Crippen molar-refractivity contribution in [3.8, 4) is 5.75 Å². The SMILES string of the molecule is O=C(CCc1ccc(OC(F)F)cc1)NC1CCS(=O)(=O)C1. The zero-order valence-corrected chi connectivity index (χ0v) is 12.6. The number of alkyl halides is 2. The maximum Gasteiger partial charge on any atom is 0.387 e. The van der Waals surface area contributed by atoms with Gasteiger partial charge in [-0.3, -0.25) is 4.79 Å². The molecule has 1 aromatic rings. The second-order valence-corrected chi connectivity index (χ2v) is 7.42. The number of nitrogens with one attached hydrogen (secondary N) is 1. The number of hydrogen-bond acceptors (Lipinski definition) is 4. The Bertz CT molecular complexity index is 616. The Kier molecular flexibility index (Phi) is 5.33. The Morgan fingerprint density at radius 3 is 2.55 bits per heavy atom. The van der Waals surface area contributed by atoms with E-state index in [1.165, 1.54) is 12.1 Å². The van der Waals surface area contributed by atoms with Crippen LogP contribution in [-0.2, 0) is 21.1 Å². The lowest BCUT2D eigenvalue weighted by molar-refractivity contribution is -0.121. The molecule has 0 radical (unpaired) electrons. The lowest BCUT2D eigenvalue weighted by Crippen LogP contribution is -2.35. The van der Waals surface area contributed by atoms with E-state index in [0.717, 1.165) is 5.56 Å². The predicted octanol–water partition coefficient (Wildman–Crippen LogP) is 1.52. The zero-order chi connectivity index (χ0) is 16.2. The minimum Gasteiger partial charge on any atom is -0.435 e. The van der Waals surface area contributed by atoms with Crippen molar-refractivity contribution in [2.24, 2.45) is 0 Å². The van der Waals surface area contributed by atoms with Crippen LogP contribution in [0, 0.1) is 0 Å².